The third-order valence-corrected chi connectivity index (χ3v) is 4.14. The minimum absolute atomic E-state index is 0.0670. The number of nitrogens with zero attached hydrogens (tertiary/aromatic N) is 5. The highest BCUT2D eigenvalue weighted by atomic mass is 16.5. The fourth-order valence-corrected chi connectivity index (χ4v) is 2.94. The molecule has 2 atom stereocenters. The maximum atomic E-state index is 5.23. The fourth-order valence-electron chi connectivity index (χ4n) is 2.94. The number of nitrogens with one attached hydrogen (secondary N) is 1. The Labute approximate surface area is 133 Å². The minimum Gasteiger partial charge on any atom is -0.497 e. The number of hydrogen-bond acceptors (Lipinski definition) is 6. The van der Waals surface area contributed by atoms with E-state index in [1.54, 1.807) is 13.3 Å². The highest BCUT2D eigenvalue weighted by molar-refractivity contribution is 5.38. The molecule has 116 valence electrons. The summed E-state index contributed by atoms with van der Waals surface area (Å²) in [6.07, 6.45) is 4.50. The highest BCUT2D eigenvalue weighted by Gasteiger charge is 2.30. The van der Waals surface area contributed by atoms with Gasteiger partial charge in [0.1, 0.15) is 5.75 Å². The van der Waals surface area contributed by atoms with Gasteiger partial charge in [-0.25, -0.2) is 4.68 Å². The molecule has 0 aliphatic carbocycles. The first-order valence-corrected chi connectivity index (χ1v) is 7.43. The third kappa shape index (κ3) is 2.50. The van der Waals surface area contributed by atoms with Crippen LogP contribution >= 0.6 is 0 Å². The highest BCUT2D eigenvalue weighted by Crippen LogP contribution is 2.37. The number of aromatic nitrogens is 5. The average molecular weight is 308 g/mol. The smallest absolute Gasteiger partial charge is 0.243 e. The lowest BCUT2D eigenvalue weighted by Crippen LogP contribution is -2.28. The van der Waals surface area contributed by atoms with Crippen molar-refractivity contribution in [1.82, 2.24) is 25.2 Å². The molecule has 7 nitrogen and oxygen atoms in total. The Kier molecular flexibility index (Phi) is 3.38. The van der Waals surface area contributed by atoms with E-state index in [-0.39, 0.29) is 12.1 Å². The average Bonchev–Trinajstić information content (AvgIpc) is 3.10. The van der Waals surface area contributed by atoms with E-state index in [9.17, 15) is 0 Å². The molecule has 3 aromatic rings. The van der Waals surface area contributed by atoms with Gasteiger partial charge in [0.25, 0.3) is 0 Å². The zero-order valence-corrected chi connectivity index (χ0v) is 12.6. The van der Waals surface area contributed by atoms with Crippen LogP contribution in [0.2, 0.25) is 0 Å². The molecule has 0 amide bonds. The molecule has 1 aliphatic heterocycles. The molecule has 0 radical (unpaired) electrons. The van der Waals surface area contributed by atoms with Gasteiger partial charge in [0, 0.05) is 12.4 Å². The maximum Gasteiger partial charge on any atom is 0.243 e. The van der Waals surface area contributed by atoms with Crippen LogP contribution in [0.1, 0.15) is 29.6 Å². The van der Waals surface area contributed by atoms with Crippen LogP contribution in [0.3, 0.4) is 0 Å². The second-order valence-electron chi connectivity index (χ2n) is 5.46. The van der Waals surface area contributed by atoms with Crippen LogP contribution in [0.25, 0.3) is 0 Å². The van der Waals surface area contributed by atoms with Gasteiger partial charge < -0.3 is 10.1 Å². The van der Waals surface area contributed by atoms with Crippen molar-refractivity contribution >= 4 is 5.95 Å². The van der Waals surface area contributed by atoms with Gasteiger partial charge in [-0.2, -0.15) is 0 Å². The molecule has 2 aromatic heterocycles. The van der Waals surface area contributed by atoms with Crippen molar-refractivity contribution < 1.29 is 4.74 Å². The van der Waals surface area contributed by atoms with Crippen LogP contribution in [0.5, 0.6) is 5.75 Å². The van der Waals surface area contributed by atoms with E-state index in [0.29, 0.717) is 5.95 Å². The van der Waals surface area contributed by atoms with Crippen molar-refractivity contribution in [2.24, 2.45) is 0 Å². The van der Waals surface area contributed by atoms with Gasteiger partial charge in [-0.05, 0) is 46.2 Å². The molecule has 1 N–H and O–H groups in total. The quantitative estimate of drug-likeness (QED) is 0.799. The van der Waals surface area contributed by atoms with E-state index in [0.717, 1.165) is 23.3 Å². The lowest BCUT2D eigenvalue weighted by Gasteiger charge is -2.30. The second kappa shape index (κ2) is 5.68. The normalized spacial score (nSPS) is 19.7. The number of tetrazole rings is 1. The second-order valence-corrected chi connectivity index (χ2v) is 5.46. The number of methoxy groups -OCH3 is 1. The fraction of sp³-hybridized carbons (Fsp3) is 0.250. The topological polar surface area (TPSA) is 77.8 Å². The Morgan fingerprint density at radius 2 is 2.04 bits per heavy atom. The number of rotatable bonds is 3. The standard InChI is InChI=1S/C16H16N6O/c1-23-13-6-4-11(5-7-13)15-9-14(12-3-2-8-17-10-12)18-16-19-20-21-22(15)16/h2-8,10,14-15H,9H2,1H3,(H,18,19,21)/t14-,15-/m1/s1. The molecule has 0 saturated carbocycles. The van der Waals surface area contributed by atoms with Crippen LogP contribution < -0.4 is 10.1 Å². The summed E-state index contributed by atoms with van der Waals surface area (Å²) in [6, 6.07) is 12.2. The minimum atomic E-state index is 0.0670. The molecule has 3 heterocycles. The largest absolute Gasteiger partial charge is 0.497 e. The van der Waals surface area contributed by atoms with Gasteiger partial charge in [0.2, 0.25) is 5.95 Å². The number of benzene rings is 1. The Morgan fingerprint density at radius 3 is 2.78 bits per heavy atom. The van der Waals surface area contributed by atoms with Crippen LogP contribution in [0, 0.1) is 0 Å². The first-order chi connectivity index (χ1) is 11.3. The summed E-state index contributed by atoms with van der Waals surface area (Å²) in [4.78, 5) is 4.21. The lowest BCUT2D eigenvalue weighted by atomic mass is 9.94. The molecule has 0 fully saturated rings. The molecular formula is C16H16N6O. The summed E-state index contributed by atoms with van der Waals surface area (Å²) >= 11 is 0. The Bertz CT molecular complexity index is 786. The van der Waals surface area contributed by atoms with Crippen molar-refractivity contribution in [3.8, 4) is 5.75 Å². The van der Waals surface area contributed by atoms with Gasteiger partial charge in [0.05, 0.1) is 19.2 Å². The molecule has 7 heteroatoms. The molecule has 1 aliphatic rings. The van der Waals surface area contributed by atoms with E-state index in [2.05, 4.69) is 44.0 Å². The predicted octanol–water partition coefficient (Wildman–Crippen LogP) is 2.22. The summed E-state index contributed by atoms with van der Waals surface area (Å²) in [5.41, 5.74) is 2.27. The van der Waals surface area contributed by atoms with Crippen molar-refractivity contribution in [3.63, 3.8) is 0 Å². The van der Waals surface area contributed by atoms with E-state index in [1.807, 2.05) is 29.1 Å². The molecule has 0 spiro atoms. The van der Waals surface area contributed by atoms with Crippen molar-refractivity contribution in [3.05, 3.63) is 59.9 Å². The van der Waals surface area contributed by atoms with Crippen LogP contribution in [0.15, 0.2) is 48.8 Å². The maximum absolute atomic E-state index is 5.23. The van der Waals surface area contributed by atoms with E-state index in [1.165, 1.54) is 0 Å². The molecule has 0 bridgehead atoms. The number of anilines is 1. The lowest BCUT2D eigenvalue weighted by molar-refractivity contribution is 0.410. The Hall–Kier alpha value is -2.96. The summed E-state index contributed by atoms with van der Waals surface area (Å²) in [6.45, 7) is 0. The van der Waals surface area contributed by atoms with Crippen molar-refractivity contribution in [2.45, 2.75) is 18.5 Å². The summed E-state index contributed by atoms with van der Waals surface area (Å²) in [5, 5.41) is 15.4. The summed E-state index contributed by atoms with van der Waals surface area (Å²) < 4.78 is 7.06. The van der Waals surface area contributed by atoms with Gasteiger partial charge in [0.15, 0.2) is 0 Å². The number of ether oxygens (including phenoxy) is 1. The SMILES string of the molecule is COc1ccc([C@H]2C[C@H](c3cccnc3)Nc3nnnn32)cc1. The Balaban J connectivity index is 1.70. The van der Waals surface area contributed by atoms with Gasteiger partial charge in [-0.15, -0.1) is 0 Å². The zero-order valence-electron chi connectivity index (χ0n) is 12.6. The summed E-state index contributed by atoms with van der Waals surface area (Å²) in [5.74, 6) is 1.51. The van der Waals surface area contributed by atoms with Crippen molar-refractivity contribution in [2.75, 3.05) is 12.4 Å². The zero-order chi connectivity index (χ0) is 15.6. The molecule has 23 heavy (non-hydrogen) atoms. The van der Waals surface area contributed by atoms with Crippen LogP contribution in [0.4, 0.5) is 5.95 Å². The molecule has 0 unspecified atom stereocenters. The summed E-state index contributed by atoms with van der Waals surface area (Å²) in [7, 11) is 1.66. The first kappa shape index (κ1) is 13.7. The van der Waals surface area contributed by atoms with Crippen LogP contribution in [-0.2, 0) is 0 Å². The van der Waals surface area contributed by atoms with E-state index < -0.39 is 0 Å². The first-order valence-electron chi connectivity index (χ1n) is 7.43. The van der Waals surface area contributed by atoms with Gasteiger partial charge in [-0.1, -0.05) is 23.3 Å². The van der Waals surface area contributed by atoms with E-state index >= 15 is 0 Å². The number of fused-ring (bicyclic) bond motifs is 1. The van der Waals surface area contributed by atoms with Crippen molar-refractivity contribution in [1.29, 1.82) is 0 Å². The molecule has 1 aromatic carbocycles. The monoisotopic (exact) mass is 308 g/mol. The Morgan fingerprint density at radius 1 is 1.17 bits per heavy atom. The van der Waals surface area contributed by atoms with E-state index in [4.69, 9.17) is 4.74 Å². The predicted molar refractivity (Wildman–Crippen MR) is 84.2 cm³/mol. The van der Waals surface area contributed by atoms with Crippen LogP contribution in [-0.4, -0.2) is 32.3 Å². The molecular weight excluding hydrogens is 292 g/mol. The molecule has 4 rings (SSSR count). The third-order valence-electron chi connectivity index (χ3n) is 4.14. The number of hydrogen-bond donors (Lipinski definition) is 1. The van der Waals surface area contributed by atoms with Gasteiger partial charge in [-0.3, -0.25) is 4.98 Å². The van der Waals surface area contributed by atoms with Gasteiger partial charge >= 0.3 is 0 Å². The number of pyridine rings is 1. The molecule has 0 saturated heterocycles.